The lowest BCUT2D eigenvalue weighted by Gasteiger charge is -2.44. The van der Waals surface area contributed by atoms with Crippen molar-refractivity contribution in [2.24, 2.45) is 0 Å². The van der Waals surface area contributed by atoms with Crippen molar-refractivity contribution in [3.05, 3.63) is 29.8 Å². The molecule has 7 heteroatoms. The van der Waals surface area contributed by atoms with E-state index < -0.39 is 21.6 Å². The summed E-state index contributed by atoms with van der Waals surface area (Å²) in [6, 6.07) is 5.47. The molecule has 0 saturated carbocycles. The Morgan fingerprint density at radius 2 is 1.95 bits per heavy atom. The number of hydrogen-bond donors (Lipinski definition) is 2. The van der Waals surface area contributed by atoms with E-state index >= 15 is 0 Å². The summed E-state index contributed by atoms with van der Waals surface area (Å²) in [4.78, 5) is 10.8. The average Bonchev–Trinajstić information content (AvgIpc) is 2.34. The van der Waals surface area contributed by atoms with Crippen LogP contribution in [0.15, 0.2) is 29.2 Å². The van der Waals surface area contributed by atoms with Gasteiger partial charge in [0, 0.05) is 13.1 Å². The topological polar surface area (TPSA) is 94.9 Å². The predicted molar refractivity (Wildman–Crippen MR) is 67.4 cm³/mol. The summed E-state index contributed by atoms with van der Waals surface area (Å²) >= 11 is 0. The van der Waals surface area contributed by atoms with E-state index in [1.807, 2.05) is 0 Å². The zero-order valence-electron chi connectivity index (χ0n) is 10.4. The second-order valence-electron chi connectivity index (χ2n) is 4.65. The standard InChI is InChI=1S/C12H15NO5S/c1-2-12(16)7-13(8-12)19(17,18)10-6-4-3-5-9(10)11(14)15/h3-6,16H,2,7-8H2,1H3,(H,14,15). The molecule has 1 aliphatic rings. The molecule has 104 valence electrons. The summed E-state index contributed by atoms with van der Waals surface area (Å²) in [5.74, 6) is -1.29. The SMILES string of the molecule is CCC1(O)CN(S(=O)(=O)c2ccccc2C(=O)O)C1. The third kappa shape index (κ3) is 2.36. The lowest BCUT2D eigenvalue weighted by Crippen LogP contribution is -2.62. The fourth-order valence-electron chi connectivity index (χ4n) is 2.01. The fraction of sp³-hybridized carbons (Fsp3) is 0.417. The molecular weight excluding hydrogens is 270 g/mol. The second kappa shape index (κ2) is 4.59. The van der Waals surface area contributed by atoms with Crippen LogP contribution in [0.2, 0.25) is 0 Å². The number of β-amino-alcohol motifs (C(OH)–C–C–N with tert-alkyl or cyclic N) is 1. The Morgan fingerprint density at radius 3 is 2.47 bits per heavy atom. The Morgan fingerprint density at radius 1 is 1.37 bits per heavy atom. The van der Waals surface area contributed by atoms with Crippen LogP contribution in [0.3, 0.4) is 0 Å². The van der Waals surface area contributed by atoms with E-state index in [9.17, 15) is 18.3 Å². The van der Waals surface area contributed by atoms with Crippen molar-refractivity contribution in [2.75, 3.05) is 13.1 Å². The Hall–Kier alpha value is -1.44. The first kappa shape index (κ1) is 14.0. The van der Waals surface area contributed by atoms with Crippen LogP contribution in [-0.2, 0) is 10.0 Å². The third-order valence-electron chi connectivity index (χ3n) is 3.33. The molecule has 0 amide bonds. The highest BCUT2D eigenvalue weighted by atomic mass is 32.2. The minimum atomic E-state index is -3.87. The largest absolute Gasteiger partial charge is 0.478 e. The number of aliphatic hydroxyl groups is 1. The van der Waals surface area contributed by atoms with E-state index in [2.05, 4.69) is 0 Å². The molecule has 1 aromatic rings. The van der Waals surface area contributed by atoms with Crippen molar-refractivity contribution in [1.82, 2.24) is 4.31 Å². The van der Waals surface area contributed by atoms with E-state index in [-0.39, 0.29) is 23.5 Å². The van der Waals surface area contributed by atoms with Gasteiger partial charge in [-0.3, -0.25) is 0 Å². The monoisotopic (exact) mass is 285 g/mol. The highest BCUT2D eigenvalue weighted by molar-refractivity contribution is 7.89. The number of rotatable bonds is 4. The molecule has 0 radical (unpaired) electrons. The van der Waals surface area contributed by atoms with Crippen LogP contribution in [0, 0.1) is 0 Å². The lowest BCUT2D eigenvalue weighted by molar-refractivity contribution is -0.0613. The molecule has 0 aliphatic carbocycles. The van der Waals surface area contributed by atoms with Gasteiger partial charge in [0.15, 0.2) is 0 Å². The summed E-state index contributed by atoms with van der Waals surface area (Å²) in [6.45, 7) is 1.77. The zero-order chi connectivity index (χ0) is 14.3. The summed E-state index contributed by atoms with van der Waals surface area (Å²) in [6.07, 6.45) is 0.458. The van der Waals surface area contributed by atoms with Gasteiger partial charge >= 0.3 is 5.97 Å². The molecule has 2 N–H and O–H groups in total. The van der Waals surface area contributed by atoms with Gasteiger partial charge < -0.3 is 10.2 Å². The van der Waals surface area contributed by atoms with Crippen molar-refractivity contribution in [3.8, 4) is 0 Å². The summed E-state index contributed by atoms with van der Waals surface area (Å²) in [5, 5.41) is 18.9. The number of sulfonamides is 1. The van der Waals surface area contributed by atoms with Gasteiger partial charge in [0.05, 0.1) is 16.1 Å². The molecule has 1 aromatic carbocycles. The quantitative estimate of drug-likeness (QED) is 0.841. The van der Waals surface area contributed by atoms with Crippen molar-refractivity contribution in [3.63, 3.8) is 0 Å². The van der Waals surface area contributed by atoms with Crippen molar-refractivity contribution in [2.45, 2.75) is 23.8 Å². The van der Waals surface area contributed by atoms with E-state index in [0.29, 0.717) is 6.42 Å². The molecule has 6 nitrogen and oxygen atoms in total. The molecule has 1 heterocycles. The average molecular weight is 285 g/mol. The highest BCUT2D eigenvalue weighted by Crippen LogP contribution is 2.31. The molecule has 19 heavy (non-hydrogen) atoms. The molecule has 1 aliphatic heterocycles. The molecule has 0 unspecified atom stereocenters. The first-order chi connectivity index (χ1) is 8.80. The maximum Gasteiger partial charge on any atom is 0.337 e. The van der Waals surface area contributed by atoms with Crippen molar-refractivity contribution in [1.29, 1.82) is 0 Å². The Balaban J connectivity index is 2.35. The van der Waals surface area contributed by atoms with Crippen LogP contribution in [0.4, 0.5) is 0 Å². The van der Waals surface area contributed by atoms with Gasteiger partial charge in [-0.1, -0.05) is 19.1 Å². The number of aromatic carboxylic acids is 1. The van der Waals surface area contributed by atoms with Crippen LogP contribution in [0.25, 0.3) is 0 Å². The second-order valence-corrected chi connectivity index (χ2v) is 6.56. The molecule has 2 rings (SSSR count). The minimum Gasteiger partial charge on any atom is -0.478 e. The number of carbonyl (C=O) groups is 1. The molecule has 0 bridgehead atoms. The molecule has 0 spiro atoms. The molecular formula is C12H15NO5S. The van der Waals surface area contributed by atoms with Crippen molar-refractivity contribution < 1.29 is 23.4 Å². The summed E-state index contributed by atoms with van der Waals surface area (Å²) < 4.78 is 25.7. The summed E-state index contributed by atoms with van der Waals surface area (Å²) in [5.41, 5.74) is -1.25. The zero-order valence-corrected chi connectivity index (χ0v) is 11.2. The molecule has 1 saturated heterocycles. The van der Waals surface area contributed by atoms with Crippen LogP contribution in [0.5, 0.6) is 0 Å². The summed E-state index contributed by atoms with van der Waals surface area (Å²) in [7, 11) is -3.87. The Labute approximate surface area is 111 Å². The van der Waals surface area contributed by atoms with Gasteiger partial charge in [-0.05, 0) is 18.6 Å². The van der Waals surface area contributed by atoms with E-state index in [4.69, 9.17) is 5.11 Å². The predicted octanol–water partition coefficient (Wildman–Crippen LogP) is 0.530. The van der Waals surface area contributed by atoms with Gasteiger partial charge in [-0.15, -0.1) is 0 Å². The van der Waals surface area contributed by atoms with Gasteiger partial charge in [0.2, 0.25) is 10.0 Å². The van der Waals surface area contributed by atoms with E-state index in [0.717, 1.165) is 4.31 Å². The van der Waals surface area contributed by atoms with Crippen LogP contribution >= 0.6 is 0 Å². The van der Waals surface area contributed by atoms with Crippen molar-refractivity contribution >= 4 is 16.0 Å². The maximum absolute atomic E-state index is 12.3. The highest BCUT2D eigenvalue weighted by Gasteiger charge is 2.46. The molecule has 0 aromatic heterocycles. The normalized spacial score (nSPS) is 18.8. The third-order valence-corrected chi connectivity index (χ3v) is 5.18. The number of carboxylic acid groups (broad SMARTS) is 1. The Kier molecular flexibility index (Phi) is 3.38. The number of benzene rings is 1. The Bertz CT molecular complexity index is 604. The van der Waals surface area contributed by atoms with Crippen LogP contribution < -0.4 is 0 Å². The van der Waals surface area contributed by atoms with E-state index in [1.54, 1.807) is 6.92 Å². The first-order valence-corrected chi connectivity index (χ1v) is 7.29. The van der Waals surface area contributed by atoms with Gasteiger partial charge in [-0.2, -0.15) is 4.31 Å². The lowest BCUT2D eigenvalue weighted by atomic mass is 9.94. The smallest absolute Gasteiger partial charge is 0.337 e. The molecule has 1 fully saturated rings. The fourth-order valence-corrected chi connectivity index (χ4v) is 3.79. The molecule has 0 atom stereocenters. The van der Waals surface area contributed by atoms with Crippen LogP contribution in [0.1, 0.15) is 23.7 Å². The minimum absolute atomic E-state index is 0.000212. The van der Waals surface area contributed by atoms with Crippen LogP contribution in [-0.4, -0.2) is 47.6 Å². The maximum atomic E-state index is 12.3. The van der Waals surface area contributed by atoms with Gasteiger partial charge in [0.25, 0.3) is 0 Å². The number of hydrogen-bond acceptors (Lipinski definition) is 4. The van der Waals surface area contributed by atoms with E-state index in [1.165, 1.54) is 24.3 Å². The number of nitrogens with zero attached hydrogens (tertiary/aromatic N) is 1. The first-order valence-electron chi connectivity index (χ1n) is 5.85. The number of carboxylic acids is 1. The van der Waals surface area contributed by atoms with Gasteiger partial charge in [-0.25, -0.2) is 13.2 Å². The van der Waals surface area contributed by atoms with Gasteiger partial charge in [0.1, 0.15) is 0 Å².